The van der Waals surface area contributed by atoms with E-state index in [1.807, 2.05) is 0 Å². The summed E-state index contributed by atoms with van der Waals surface area (Å²) < 4.78 is 101. The summed E-state index contributed by atoms with van der Waals surface area (Å²) in [6, 6.07) is 3.09. The lowest BCUT2D eigenvalue weighted by molar-refractivity contribution is -0.0121. The van der Waals surface area contributed by atoms with Gasteiger partial charge in [0, 0.05) is 17.4 Å². The lowest BCUT2D eigenvalue weighted by atomic mass is 9.95. The molecule has 1 unspecified atom stereocenters. The number of alkyl halides is 2. The van der Waals surface area contributed by atoms with E-state index in [9.17, 15) is 17.8 Å². The Morgan fingerprint density at radius 3 is 2.36 bits per heavy atom. The van der Waals surface area contributed by atoms with Crippen LogP contribution in [-0.4, -0.2) is 51.1 Å². The molecule has 0 aromatic heterocycles. The second-order valence-corrected chi connectivity index (χ2v) is 11.8. The van der Waals surface area contributed by atoms with Gasteiger partial charge in [0.1, 0.15) is 39.0 Å². The SMILES string of the molecule is CCS(=N)(=O)N[C@@H]1[C@H](Cc2cccc(-c3cc(F)cc(F)c3)c2F)N(C(=O)OC(C)(C)C)CC1(F)F. The van der Waals surface area contributed by atoms with Crippen LogP contribution in [0.4, 0.5) is 26.7 Å². The predicted octanol–water partition coefficient (Wildman–Crippen LogP) is 5.51. The Hall–Kier alpha value is -2.73. The first kappa shape index (κ1) is 27.9. The zero-order valence-corrected chi connectivity index (χ0v) is 21.0. The minimum atomic E-state index is -3.64. The van der Waals surface area contributed by atoms with Crippen LogP contribution in [0.25, 0.3) is 11.1 Å². The second-order valence-electron chi connectivity index (χ2n) is 9.64. The highest BCUT2D eigenvalue weighted by molar-refractivity contribution is 7.90. The van der Waals surface area contributed by atoms with E-state index in [1.165, 1.54) is 25.1 Å². The normalized spacial score (nSPS) is 21.3. The number of benzene rings is 2. The largest absolute Gasteiger partial charge is 0.444 e. The van der Waals surface area contributed by atoms with E-state index in [4.69, 9.17) is 9.52 Å². The van der Waals surface area contributed by atoms with Crippen LogP contribution in [0.1, 0.15) is 33.3 Å². The number of amides is 1. The number of nitrogens with zero attached hydrogens (tertiary/aromatic N) is 1. The van der Waals surface area contributed by atoms with Crippen LogP contribution >= 0.6 is 0 Å². The number of carbonyl (C=O) groups excluding carboxylic acids is 1. The van der Waals surface area contributed by atoms with Gasteiger partial charge in [-0.25, -0.2) is 40.5 Å². The van der Waals surface area contributed by atoms with Gasteiger partial charge in [0.15, 0.2) is 0 Å². The second kappa shape index (κ2) is 9.97. The standard InChI is InChI=1S/C24H28F5N3O3S/c1-5-36(30,34)31-21-19(32(13-24(21,28)29)22(33)35-23(2,3)4)11-14-7-6-8-18(20(14)27)15-9-16(25)12-17(26)10-15/h6-10,12,19,21H,5,11,13H2,1-4H3,(H2,30,31,34)/t19-,21+,36?/m0/s1. The van der Waals surface area contributed by atoms with Crippen LogP contribution in [0.15, 0.2) is 36.4 Å². The molecule has 1 fully saturated rings. The molecule has 36 heavy (non-hydrogen) atoms. The average molecular weight is 534 g/mol. The Morgan fingerprint density at radius 1 is 1.19 bits per heavy atom. The summed E-state index contributed by atoms with van der Waals surface area (Å²) >= 11 is 0. The van der Waals surface area contributed by atoms with Crippen LogP contribution in [0.2, 0.25) is 0 Å². The quantitative estimate of drug-likeness (QED) is 0.481. The fourth-order valence-electron chi connectivity index (χ4n) is 4.00. The summed E-state index contributed by atoms with van der Waals surface area (Å²) in [5.74, 6) is -6.64. The van der Waals surface area contributed by atoms with Gasteiger partial charge in [-0.05, 0) is 50.5 Å². The fraction of sp³-hybridized carbons (Fsp3) is 0.458. The molecule has 1 amide bonds. The predicted molar refractivity (Wildman–Crippen MR) is 125 cm³/mol. The number of ether oxygens (including phenoxy) is 1. The Kier molecular flexibility index (Phi) is 7.71. The van der Waals surface area contributed by atoms with Gasteiger partial charge in [-0.2, -0.15) is 0 Å². The molecule has 0 spiro atoms. The number of rotatable bonds is 6. The molecule has 3 atom stereocenters. The first-order valence-corrected chi connectivity index (χ1v) is 12.9. The monoisotopic (exact) mass is 533 g/mol. The first-order chi connectivity index (χ1) is 16.5. The first-order valence-electron chi connectivity index (χ1n) is 11.2. The maximum atomic E-state index is 15.5. The highest BCUT2D eigenvalue weighted by Gasteiger charge is 2.57. The van der Waals surface area contributed by atoms with Gasteiger partial charge in [0.05, 0.1) is 12.6 Å². The molecule has 0 saturated carbocycles. The maximum Gasteiger partial charge on any atom is 0.410 e. The molecule has 198 valence electrons. The number of nitrogens with one attached hydrogen (secondary N) is 2. The summed E-state index contributed by atoms with van der Waals surface area (Å²) in [5.41, 5.74) is -1.39. The molecule has 1 aliphatic heterocycles. The molecule has 6 nitrogen and oxygen atoms in total. The molecular formula is C24H28F5N3O3S. The van der Waals surface area contributed by atoms with Gasteiger partial charge in [-0.15, -0.1) is 0 Å². The molecule has 2 N–H and O–H groups in total. The third-order valence-corrected chi connectivity index (χ3v) is 7.10. The minimum absolute atomic E-state index is 0.0950. The van der Waals surface area contributed by atoms with Crippen LogP contribution in [0.3, 0.4) is 0 Å². The van der Waals surface area contributed by atoms with Crippen molar-refractivity contribution < 1.29 is 35.7 Å². The van der Waals surface area contributed by atoms with Crippen LogP contribution in [0.5, 0.6) is 0 Å². The van der Waals surface area contributed by atoms with E-state index in [2.05, 4.69) is 4.72 Å². The Balaban J connectivity index is 2.06. The van der Waals surface area contributed by atoms with Crippen molar-refractivity contribution in [3.05, 3.63) is 59.4 Å². The van der Waals surface area contributed by atoms with E-state index < -0.39 is 70.0 Å². The van der Waals surface area contributed by atoms with Crippen LogP contribution in [0, 0.1) is 22.2 Å². The number of likely N-dealkylation sites (tertiary alicyclic amines) is 1. The molecule has 1 saturated heterocycles. The molecule has 1 aliphatic rings. The van der Waals surface area contributed by atoms with Crippen molar-refractivity contribution in [1.29, 1.82) is 4.78 Å². The van der Waals surface area contributed by atoms with E-state index >= 15 is 13.2 Å². The maximum absolute atomic E-state index is 15.5. The van der Waals surface area contributed by atoms with Crippen molar-refractivity contribution in [3.63, 3.8) is 0 Å². The summed E-state index contributed by atoms with van der Waals surface area (Å²) in [6.07, 6.45) is -1.54. The van der Waals surface area contributed by atoms with Gasteiger partial charge < -0.3 is 4.74 Å². The van der Waals surface area contributed by atoms with Gasteiger partial charge in [0.2, 0.25) is 0 Å². The lowest BCUT2D eigenvalue weighted by Crippen LogP contribution is -2.52. The molecular weight excluding hydrogens is 505 g/mol. The minimum Gasteiger partial charge on any atom is -0.444 e. The number of halogens is 5. The van der Waals surface area contributed by atoms with E-state index in [-0.39, 0.29) is 22.4 Å². The highest BCUT2D eigenvalue weighted by Crippen LogP contribution is 2.37. The topological polar surface area (TPSA) is 82.5 Å². The number of hydrogen-bond donors (Lipinski definition) is 2. The van der Waals surface area contributed by atoms with Crippen molar-refractivity contribution in [1.82, 2.24) is 9.62 Å². The zero-order valence-electron chi connectivity index (χ0n) is 20.2. The Morgan fingerprint density at radius 2 is 1.81 bits per heavy atom. The lowest BCUT2D eigenvalue weighted by Gasteiger charge is -2.31. The van der Waals surface area contributed by atoms with E-state index in [1.54, 1.807) is 20.8 Å². The summed E-state index contributed by atoms with van der Waals surface area (Å²) in [7, 11) is -3.64. The van der Waals surface area contributed by atoms with Gasteiger partial charge in [-0.3, -0.25) is 4.90 Å². The summed E-state index contributed by atoms with van der Waals surface area (Å²) in [6.45, 7) is 4.95. The van der Waals surface area contributed by atoms with Crippen molar-refractivity contribution in [2.75, 3.05) is 12.3 Å². The smallest absolute Gasteiger partial charge is 0.410 e. The number of hydrogen-bond acceptors (Lipinski definition) is 4. The molecule has 1 heterocycles. The van der Waals surface area contributed by atoms with Crippen molar-refractivity contribution in [2.24, 2.45) is 0 Å². The van der Waals surface area contributed by atoms with Crippen molar-refractivity contribution >= 4 is 16.0 Å². The molecule has 2 aromatic rings. The molecule has 12 heteroatoms. The van der Waals surface area contributed by atoms with Gasteiger partial charge in [0.25, 0.3) is 5.92 Å². The highest BCUT2D eigenvalue weighted by atomic mass is 32.2. The Labute approximate surface area is 206 Å². The molecule has 0 bridgehead atoms. The summed E-state index contributed by atoms with van der Waals surface area (Å²) in [4.78, 5) is 13.6. The molecule has 0 radical (unpaired) electrons. The zero-order chi connectivity index (χ0) is 27.1. The van der Waals surface area contributed by atoms with E-state index in [0.29, 0.717) is 6.07 Å². The third kappa shape index (κ3) is 6.33. The van der Waals surface area contributed by atoms with Crippen LogP contribution in [-0.2, 0) is 21.1 Å². The van der Waals surface area contributed by atoms with Crippen molar-refractivity contribution in [3.8, 4) is 11.1 Å². The Bertz CT molecular complexity index is 1230. The fourth-order valence-corrected chi connectivity index (χ4v) is 4.91. The molecule has 2 aromatic carbocycles. The number of carbonyl (C=O) groups is 1. The third-order valence-electron chi connectivity index (χ3n) is 5.65. The van der Waals surface area contributed by atoms with Crippen molar-refractivity contribution in [2.45, 2.75) is 57.7 Å². The van der Waals surface area contributed by atoms with Crippen LogP contribution < -0.4 is 4.72 Å². The van der Waals surface area contributed by atoms with E-state index in [0.717, 1.165) is 17.0 Å². The molecule has 3 rings (SSSR count). The van der Waals surface area contributed by atoms with Gasteiger partial charge >= 0.3 is 6.09 Å². The van der Waals surface area contributed by atoms with Gasteiger partial charge in [-0.1, -0.05) is 25.1 Å². The summed E-state index contributed by atoms with van der Waals surface area (Å²) in [5, 5.41) is 0. The average Bonchev–Trinajstić information content (AvgIpc) is 2.97. The molecule has 0 aliphatic carbocycles.